The molecular weight excluding hydrogens is 438 g/mol. The van der Waals surface area contributed by atoms with Crippen LogP contribution in [0.2, 0.25) is 0 Å². The number of halogens is 4. The van der Waals surface area contributed by atoms with Crippen LogP contribution in [0.3, 0.4) is 0 Å². The van der Waals surface area contributed by atoms with Gasteiger partial charge >= 0.3 is 6.18 Å². The van der Waals surface area contributed by atoms with Crippen molar-refractivity contribution in [2.75, 3.05) is 13.1 Å². The Morgan fingerprint density at radius 1 is 1.06 bits per heavy atom. The van der Waals surface area contributed by atoms with Gasteiger partial charge in [-0.25, -0.2) is 12.8 Å². The Morgan fingerprint density at radius 3 is 2.48 bits per heavy atom. The summed E-state index contributed by atoms with van der Waals surface area (Å²) in [6.07, 6.45) is -3.31. The average Bonchev–Trinajstić information content (AvgIpc) is 3.24. The zero-order valence-electron chi connectivity index (χ0n) is 16.0. The third-order valence-electron chi connectivity index (χ3n) is 5.07. The molecule has 1 saturated heterocycles. The van der Waals surface area contributed by atoms with Gasteiger partial charge in [-0.1, -0.05) is 6.07 Å². The highest BCUT2D eigenvalue weighted by Gasteiger charge is 2.34. The zero-order chi connectivity index (χ0) is 22.2. The summed E-state index contributed by atoms with van der Waals surface area (Å²) < 4.78 is 84.2. The number of benzene rings is 2. The monoisotopic (exact) mass is 455 g/mol. The summed E-state index contributed by atoms with van der Waals surface area (Å²) in [6.45, 7) is 0.350. The van der Waals surface area contributed by atoms with Gasteiger partial charge in [-0.15, -0.1) is 10.2 Å². The van der Waals surface area contributed by atoms with Crippen molar-refractivity contribution in [2.45, 2.75) is 29.8 Å². The van der Waals surface area contributed by atoms with Crippen LogP contribution >= 0.6 is 0 Å². The van der Waals surface area contributed by atoms with Crippen LogP contribution in [0.15, 0.2) is 57.8 Å². The lowest BCUT2D eigenvalue weighted by Crippen LogP contribution is -2.39. The molecule has 0 N–H and O–H groups in total. The molecule has 1 fully saturated rings. The number of piperidine rings is 1. The van der Waals surface area contributed by atoms with Crippen LogP contribution in [-0.4, -0.2) is 36.0 Å². The molecule has 2 aromatic carbocycles. The van der Waals surface area contributed by atoms with Gasteiger partial charge in [-0.3, -0.25) is 0 Å². The van der Waals surface area contributed by atoms with Crippen LogP contribution in [0, 0.1) is 5.82 Å². The molecule has 0 bridgehead atoms. The van der Waals surface area contributed by atoms with Crippen molar-refractivity contribution in [1.29, 1.82) is 0 Å². The smallest absolute Gasteiger partial charge is 0.416 e. The molecule has 11 heteroatoms. The minimum atomic E-state index is -4.45. The Bertz CT molecular complexity index is 1180. The molecule has 4 rings (SSSR count). The Morgan fingerprint density at radius 2 is 1.81 bits per heavy atom. The highest BCUT2D eigenvalue weighted by molar-refractivity contribution is 7.89. The molecule has 0 spiro atoms. The minimum Gasteiger partial charge on any atom is -0.420 e. The topological polar surface area (TPSA) is 76.3 Å². The molecule has 31 heavy (non-hydrogen) atoms. The van der Waals surface area contributed by atoms with Crippen LogP contribution in [0.1, 0.15) is 30.2 Å². The summed E-state index contributed by atoms with van der Waals surface area (Å²) in [5.41, 5.74) is -0.465. The van der Waals surface area contributed by atoms with Crippen molar-refractivity contribution < 1.29 is 30.4 Å². The fourth-order valence-corrected chi connectivity index (χ4v) is 5.01. The Labute approximate surface area is 175 Å². The van der Waals surface area contributed by atoms with E-state index in [9.17, 15) is 26.0 Å². The van der Waals surface area contributed by atoms with Crippen molar-refractivity contribution in [2.24, 2.45) is 0 Å². The molecule has 1 unspecified atom stereocenters. The highest BCUT2D eigenvalue weighted by Crippen LogP contribution is 2.33. The molecule has 0 amide bonds. The van der Waals surface area contributed by atoms with Crippen molar-refractivity contribution in [3.05, 3.63) is 65.8 Å². The standard InChI is InChI=1S/C20H17F4N3O3S/c21-16-4-1-5-17(11-16)31(28,29)27-10-2-3-14(12-27)19-26-25-18(30-19)13-6-8-15(9-7-13)20(22,23)24/h1,4-9,11,14H,2-3,10,12H2. The first-order chi connectivity index (χ1) is 14.6. The first kappa shape index (κ1) is 21.4. The molecule has 6 nitrogen and oxygen atoms in total. The van der Waals surface area contributed by atoms with E-state index in [4.69, 9.17) is 4.42 Å². The van der Waals surface area contributed by atoms with E-state index in [0.29, 0.717) is 18.4 Å². The molecule has 164 valence electrons. The molecule has 3 aromatic rings. The lowest BCUT2D eigenvalue weighted by Gasteiger charge is -2.30. The molecular formula is C20H17F4N3O3S. The normalized spacial score (nSPS) is 18.3. The Kier molecular flexibility index (Phi) is 5.56. The summed E-state index contributed by atoms with van der Waals surface area (Å²) in [4.78, 5) is -0.135. The third-order valence-corrected chi connectivity index (χ3v) is 6.93. The number of aromatic nitrogens is 2. The van der Waals surface area contributed by atoms with Gasteiger partial charge in [0.25, 0.3) is 0 Å². The number of alkyl halides is 3. The molecule has 2 heterocycles. The predicted molar refractivity (Wildman–Crippen MR) is 102 cm³/mol. The SMILES string of the molecule is O=S(=O)(c1cccc(F)c1)N1CCCC(c2nnc(-c3ccc(C(F)(F)F)cc3)o2)C1. The van der Waals surface area contributed by atoms with E-state index in [1.807, 2.05) is 0 Å². The maximum absolute atomic E-state index is 13.5. The maximum Gasteiger partial charge on any atom is 0.416 e. The van der Waals surface area contributed by atoms with Crippen molar-refractivity contribution in [3.8, 4) is 11.5 Å². The first-order valence-electron chi connectivity index (χ1n) is 9.41. The summed E-state index contributed by atoms with van der Waals surface area (Å²) in [5.74, 6) is -0.775. The Hall–Kier alpha value is -2.79. The van der Waals surface area contributed by atoms with Gasteiger partial charge in [0.15, 0.2) is 0 Å². The molecule has 1 aromatic heterocycles. The van der Waals surface area contributed by atoms with E-state index in [1.54, 1.807) is 0 Å². The second kappa shape index (κ2) is 8.04. The van der Waals surface area contributed by atoms with Gasteiger partial charge in [0.2, 0.25) is 21.8 Å². The Balaban J connectivity index is 1.53. The average molecular weight is 455 g/mol. The fourth-order valence-electron chi connectivity index (χ4n) is 3.46. The van der Waals surface area contributed by atoms with E-state index in [-0.39, 0.29) is 35.7 Å². The summed E-state index contributed by atoms with van der Waals surface area (Å²) in [7, 11) is -3.89. The van der Waals surface area contributed by atoms with Crippen LogP contribution < -0.4 is 0 Å². The molecule has 1 aliphatic heterocycles. The van der Waals surface area contributed by atoms with Crippen molar-refractivity contribution in [1.82, 2.24) is 14.5 Å². The lowest BCUT2D eigenvalue weighted by atomic mass is 10.00. The fraction of sp³-hybridized carbons (Fsp3) is 0.300. The van der Waals surface area contributed by atoms with Crippen LogP contribution in [0.5, 0.6) is 0 Å². The highest BCUT2D eigenvalue weighted by atomic mass is 32.2. The molecule has 0 saturated carbocycles. The first-order valence-corrected chi connectivity index (χ1v) is 10.9. The number of hydrogen-bond donors (Lipinski definition) is 0. The van der Waals surface area contributed by atoms with Gasteiger partial charge in [0, 0.05) is 18.7 Å². The van der Waals surface area contributed by atoms with Gasteiger partial charge in [-0.05, 0) is 55.3 Å². The molecule has 1 atom stereocenters. The van der Waals surface area contributed by atoms with E-state index in [2.05, 4.69) is 10.2 Å². The van der Waals surface area contributed by atoms with E-state index in [1.165, 1.54) is 34.6 Å². The zero-order valence-corrected chi connectivity index (χ0v) is 16.8. The van der Waals surface area contributed by atoms with Crippen LogP contribution in [0.4, 0.5) is 17.6 Å². The van der Waals surface area contributed by atoms with Gasteiger partial charge < -0.3 is 4.42 Å². The summed E-state index contributed by atoms with van der Waals surface area (Å²) in [6, 6.07) is 9.12. The van der Waals surface area contributed by atoms with E-state index in [0.717, 1.165) is 18.2 Å². The second-order valence-corrected chi connectivity index (χ2v) is 9.12. The third kappa shape index (κ3) is 4.47. The van der Waals surface area contributed by atoms with Gasteiger partial charge in [0.1, 0.15) is 5.82 Å². The molecule has 0 radical (unpaired) electrons. The van der Waals surface area contributed by atoms with Crippen LogP contribution in [-0.2, 0) is 16.2 Å². The van der Waals surface area contributed by atoms with E-state index < -0.39 is 27.6 Å². The second-order valence-electron chi connectivity index (χ2n) is 7.18. The maximum atomic E-state index is 13.5. The summed E-state index contributed by atoms with van der Waals surface area (Å²) >= 11 is 0. The number of hydrogen-bond acceptors (Lipinski definition) is 5. The van der Waals surface area contributed by atoms with Crippen LogP contribution in [0.25, 0.3) is 11.5 Å². The van der Waals surface area contributed by atoms with Gasteiger partial charge in [0.05, 0.1) is 16.4 Å². The number of nitrogens with zero attached hydrogens (tertiary/aromatic N) is 3. The lowest BCUT2D eigenvalue weighted by molar-refractivity contribution is -0.137. The number of rotatable bonds is 4. The van der Waals surface area contributed by atoms with Crippen molar-refractivity contribution in [3.63, 3.8) is 0 Å². The largest absolute Gasteiger partial charge is 0.420 e. The molecule has 1 aliphatic rings. The predicted octanol–water partition coefficient (Wildman–Crippen LogP) is 4.46. The van der Waals surface area contributed by atoms with Gasteiger partial charge in [-0.2, -0.15) is 17.5 Å². The number of sulfonamides is 1. The quantitative estimate of drug-likeness (QED) is 0.543. The molecule has 0 aliphatic carbocycles. The van der Waals surface area contributed by atoms with Crippen molar-refractivity contribution >= 4 is 10.0 Å². The van der Waals surface area contributed by atoms with E-state index >= 15 is 0 Å². The summed E-state index contributed by atoms with van der Waals surface area (Å²) in [5, 5.41) is 7.87. The minimum absolute atomic E-state index is 0.0498.